The Morgan fingerprint density at radius 2 is 2.00 bits per heavy atom. The summed E-state index contributed by atoms with van der Waals surface area (Å²) in [5, 5.41) is 0. The van der Waals surface area contributed by atoms with Crippen molar-refractivity contribution in [1.82, 2.24) is 0 Å². The third kappa shape index (κ3) is 9.12. The van der Waals surface area contributed by atoms with Crippen molar-refractivity contribution >= 4 is 5.97 Å². The number of carbonyl (C=O) groups excluding carboxylic acids is 1. The Balaban J connectivity index is 3.45. The van der Waals surface area contributed by atoms with Crippen molar-refractivity contribution in [2.75, 3.05) is 6.61 Å². The minimum Gasteiger partial charge on any atom is -0.461 e. The van der Waals surface area contributed by atoms with Crippen molar-refractivity contribution in [2.45, 2.75) is 46.5 Å². The Morgan fingerprint density at radius 1 is 1.31 bits per heavy atom. The summed E-state index contributed by atoms with van der Waals surface area (Å²) in [7, 11) is 0. The van der Waals surface area contributed by atoms with Crippen LogP contribution < -0.4 is 0 Å². The van der Waals surface area contributed by atoms with Gasteiger partial charge in [0.2, 0.25) is 0 Å². The maximum Gasteiger partial charge on any atom is 0.302 e. The Hall–Kier alpha value is -0.790. The predicted octanol–water partition coefficient (Wildman–Crippen LogP) is 3.08. The lowest BCUT2D eigenvalue weighted by Gasteiger charge is -2.01. The van der Waals surface area contributed by atoms with Gasteiger partial charge in [0.25, 0.3) is 0 Å². The van der Waals surface area contributed by atoms with E-state index in [1.54, 1.807) is 0 Å². The number of hydrogen-bond acceptors (Lipinski definition) is 2. The van der Waals surface area contributed by atoms with Crippen molar-refractivity contribution < 1.29 is 9.53 Å². The van der Waals surface area contributed by atoms with Gasteiger partial charge >= 0.3 is 5.97 Å². The molecule has 0 saturated heterocycles. The number of ether oxygens (including phenoxy) is 1. The molecule has 0 atom stereocenters. The van der Waals surface area contributed by atoms with Crippen LogP contribution in [0.2, 0.25) is 0 Å². The van der Waals surface area contributed by atoms with E-state index in [0.717, 1.165) is 12.0 Å². The van der Waals surface area contributed by atoms with E-state index < -0.39 is 0 Å². The highest BCUT2D eigenvalue weighted by molar-refractivity contribution is 5.66. The Labute approximate surface area is 81.0 Å². The average Bonchev–Trinajstić information content (AvgIpc) is 2.09. The molecule has 0 aliphatic carbocycles. The fraction of sp³-hybridized carbons (Fsp3) is 0.727. The lowest BCUT2D eigenvalue weighted by Crippen LogP contribution is -2.01. The largest absolute Gasteiger partial charge is 0.461 e. The number of unbranched alkanes of at least 4 members (excludes halogenated alkanes) is 3. The van der Waals surface area contributed by atoms with Crippen molar-refractivity contribution in [3.63, 3.8) is 0 Å². The van der Waals surface area contributed by atoms with Gasteiger partial charge in [-0.2, -0.15) is 0 Å². The molecule has 0 spiro atoms. The van der Waals surface area contributed by atoms with Crippen molar-refractivity contribution in [2.24, 2.45) is 0 Å². The zero-order chi connectivity index (χ0) is 10.1. The molecule has 0 saturated carbocycles. The summed E-state index contributed by atoms with van der Waals surface area (Å²) in [6.07, 6.45) is 7.00. The molecular formula is C11H20O2. The summed E-state index contributed by atoms with van der Waals surface area (Å²) in [6, 6.07) is 0. The molecule has 0 bridgehead atoms. The van der Waals surface area contributed by atoms with Crippen LogP contribution in [0.25, 0.3) is 0 Å². The van der Waals surface area contributed by atoms with Gasteiger partial charge in [-0.15, -0.1) is 0 Å². The highest BCUT2D eigenvalue weighted by atomic mass is 16.5. The van der Waals surface area contributed by atoms with Gasteiger partial charge in [-0.25, -0.2) is 0 Å². The molecular weight excluding hydrogens is 164 g/mol. The summed E-state index contributed by atoms with van der Waals surface area (Å²) < 4.78 is 4.85. The molecule has 76 valence electrons. The van der Waals surface area contributed by atoms with E-state index in [0.29, 0.717) is 6.61 Å². The van der Waals surface area contributed by atoms with Gasteiger partial charge in [0, 0.05) is 6.92 Å². The molecule has 0 radical (unpaired) electrons. The van der Waals surface area contributed by atoms with Crippen LogP contribution in [-0.4, -0.2) is 12.6 Å². The summed E-state index contributed by atoms with van der Waals surface area (Å²) in [5.41, 5.74) is 1.14. The summed E-state index contributed by atoms with van der Waals surface area (Å²) in [6.45, 7) is 6.07. The fourth-order valence-electron chi connectivity index (χ4n) is 1.02. The second-order valence-electron chi connectivity index (χ2n) is 3.33. The third-order valence-electron chi connectivity index (χ3n) is 1.80. The highest BCUT2D eigenvalue weighted by Gasteiger charge is 1.93. The predicted molar refractivity (Wildman–Crippen MR) is 54.5 cm³/mol. The lowest BCUT2D eigenvalue weighted by atomic mass is 10.1. The number of esters is 1. The zero-order valence-corrected chi connectivity index (χ0v) is 8.93. The molecule has 0 unspecified atom stereocenters. The Bertz CT molecular complexity index is 171. The Kier molecular flexibility index (Phi) is 7.36. The number of carbonyl (C=O) groups is 1. The number of allylic oxidation sites excluding steroid dienone is 1. The number of hydrogen-bond donors (Lipinski definition) is 0. The van der Waals surface area contributed by atoms with Crippen LogP contribution >= 0.6 is 0 Å². The van der Waals surface area contributed by atoms with E-state index in [4.69, 9.17) is 4.74 Å². The van der Waals surface area contributed by atoms with Gasteiger partial charge in [0.1, 0.15) is 6.61 Å². The first kappa shape index (κ1) is 12.2. The van der Waals surface area contributed by atoms with E-state index in [9.17, 15) is 4.79 Å². The lowest BCUT2D eigenvalue weighted by molar-refractivity contribution is -0.139. The van der Waals surface area contributed by atoms with Crippen LogP contribution in [0.4, 0.5) is 0 Å². The van der Waals surface area contributed by atoms with E-state index >= 15 is 0 Å². The Morgan fingerprint density at radius 3 is 2.54 bits per heavy atom. The van der Waals surface area contributed by atoms with Crippen molar-refractivity contribution in [3.05, 3.63) is 11.6 Å². The third-order valence-corrected chi connectivity index (χ3v) is 1.80. The molecule has 0 heterocycles. The molecule has 0 aliphatic rings. The maximum absolute atomic E-state index is 10.5. The second-order valence-corrected chi connectivity index (χ2v) is 3.33. The maximum atomic E-state index is 10.5. The molecule has 0 aromatic carbocycles. The summed E-state index contributed by atoms with van der Waals surface area (Å²) >= 11 is 0. The molecule has 2 nitrogen and oxygen atoms in total. The van der Waals surface area contributed by atoms with Crippen LogP contribution in [-0.2, 0) is 9.53 Å². The summed E-state index contributed by atoms with van der Waals surface area (Å²) in [5.74, 6) is -0.207. The first-order valence-electron chi connectivity index (χ1n) is 4.95. The molecule has 0 aromatic rings. The molecule has 0 fully saturated rings. The monoisotopic (exact) mass is 184 g/mol. The molecule has 0 aromatic heterocycles. The second kappa shape index (κ2) is 7.84. The molecule has 13 heavy (non-hydrogen) atoms. The molecule has 0 aliphatic heterocycles. The van der Waals surface area contributed by atoms with Crippen LogP contribution in [0.3, 0.4) is 0 Å². The number of rotatable bonds is 6. The van der Waals surface area contributed by atoms with E-state index in [1.807, 2.05) is 6.92 Å². The smallest absolute Gasteiger partial charge is 0.302 e. The van der Waals surface area contributed by atoms with Gasteiger partial charge < -0.3 is 4.74 Å². The quantitative estimate of drug-likeness (QED) is 0.360. The standard InChI is InChI=1S/C11H20O2/c1-4-5-6-7-8-10(2)9-13-11(3)12/h8H,4-7,9H2,1-3H3. The molecule has 0 N–H and O–H groups in total. The first-order chi connectivity index (χ1) is 6.16. The van der Waals surface area contributed by atoms with Gasteiger partial charge in [-0.1, -0.05) is 25.8 Å². The fourth-order valence-corrected chi connectivity index (χ4v) is 1.02. The average molecular weight is 184 g/mol. The van der Waals surface area contributed by atoms with Gasteiger partial charge in [-0.05, 0) is 25.3 Å². The first-order valence-corrected chi connectivity index (χ1v) is 4.95. The van der Waals surface area contributed by atoms with E-state index in [2.05, 4.69) is 13.0 Å². The normalized spacial score (nSPS) is 11.5. The van der Waals surface area contributed by atoms with Crippen molar-refractivity contribution in [3.8, 4) is 0 Å². The highest BCUT2D eigenvalue weighted by Crippen LogP contribution is 2.03. The van der Waals surface area contributed by atoms with Gasteiger partial charge in [0.05, 0.1) is 0 Å². The molecule has 2 heteroatoms. The molecule has 0 rings (SSSR count). The van der Waals surface area contributed by atoms with Crippen molar-refractivity contribution in [1.29, 1.82) is 0 Å². The van der Waals surface area contributed by atoms with E-state index in [1.165, 1.54) is 26.2 Å². The SMILES string of the molecule is CCCCCC=C(C)COC(C)=O. The van der Waals surface area contributed by atoms with E-state index in [-0.39, 0.29) is 5.97 Å². The van der Waals surface area contributed by atoms with Crippen LogP contribution in [0.1, 0.15) is 46.5 Å². The van der Waals surface area contributed by atoms with Crippen LogP contribution in [0.5, 0.6) is 0 Å². The van der Waals surface area contributed by atoms with Gasteiger partial charge in [-0.3, -0.25) is 4.79 Å². The minimum absolute atomic E-state index is 0.207. The summed E-state index contributed by atoms with van der Waals surface area (Å²) in [4.78, 5) is 10.5. The minimum atomic E-state index is -0.207. The topological polar surface area (TPSA) is 26.3 Å². The molecule has 0 amide bonds. The van der Waals surface area contributed by atoms with Crippen LogP contribution in [0, 0.1) is 0 Å². The van der Waals surface area contributed by atoms with Gasteiger partial charge in [0.15, 0.2) is 0 Å². The van der Waals surface area contributed by atoms with Crippen LogP contribution in [0.15, 0.2) is 11.6 Å². The zero-order valence-electron chi connectivity index (χ0n) is 8.93.